The lowest BCUT2D eigenvalue weighted by Crippen LogP contribution is -2.25. The number of rotatable bonds is 10. The molecule has 0 amide bonds. The van der Waals surface area contributed by atoms with Crippen LogP contribution in [0.25, 0.3) is 61.0 Å². The van der Waals surface area contributed by atoms with E-state index in [-0.39, 0.29) is 40.3 Å². The lowest BCUT2D eigenvalue weighted by atomic mass is 9.79. The summed E-state index contributed by atoms with van der Waals surface area (Å²) in [6, 6.07) is 53.1. The fraction of sp³-hybridized carbons (Fsp3) is 0.303. The van der Waals surface area contributed by atoms with Crippen molar-refractivity contribution >= 4 is 44.6 Å². The summed E-state index contributed by atoms with van der Waals surface area (Å²) in [6.07, 6.45) is 1.90. The molecule has 0 fully saturated rings. The highest BCUT2D eigenvalue weighted by atomic mass is 19.1. The molecule has 0 bridgehead atoms. The van der Waals surface area contributed by atoms with Crippen molar-refractivity contribution in [3.8, 4) is 50.7 Å². The van der Waals surface area contributed by atoms with Gasteiger partial charge in [0.15, 0.2) is 0 Å². The minimum atomic E-state index is -0.975. The van der Waals surface area contributed by atoms with Gasteiger partial charge in [-0.3, -0.25) is 4.57 Å². The SMILES string of the molecule is CC(C)c1cc(-c2cc(C(C)(C)C)cc(-c3c(F)cc(F)cc3F)c2N2CN(c3cc(Oc4ccc5c6ccccc6n(-c6cc(C(C)(C)C)ccn6)c5c4)cc(-c4cc(C(C)(C)C)cc(C(C)(C)C)c4)c3)c3ccccc32)cc(C(C)C)c1. The lowest BCUT2D eigenvalue weighted by molar-refractivity contribution is 0.483. The van der Waals surface area contributed by atoms with Gasteiger partial charge in [0.25, 0.3) is 0 Å². The van der Waals surface area contributed by atoms with Gasteiger partial charge in [0.2, 0.25) is 0 Å². The number of aromatic nitrogens is 2. The molecular weight excluding hydrogens is 1040 g/mol. The molecule has 0 radical (unpaired) electrons. The third-order valence-corrected chi connectivity index (χ3v) is 16.8. The van der Waals surface area contributed by atoms with Crippen LogP contribution < -0.4 is 14.5 Å². The smallest absolute Gasteiger partial charge is 0.137 e. The Kier molecular flexibility index (Phi) is 14.6. The number of hydrogen-bond donors (Lipinski definition) is 0. The second-order valence-electron chi connectivity index (χ2n) is 27.9. The number of hydrogen-bond acceptors (Lipinski definition) is 4. The van der Waals surface area contributed by atoms with E-state index in [1.165, 1.54) is 16.7 Å². The lowest BCUT2D eigenvalue weighted by Gasteiger charge is -2.31. The van der Waals surface area contributed by atoms with Crippen molar-refractivity contribution in [3.63, 3.8) is 0 Å². The molecule has 0 saturated carbocycles. The first kappa shape index (κ1) is 57.7. The molecule has 84 heavy (non-hydrogen) atoms. The van der Waals surface area contributed by atoms with Gasteiger partial charge in [0.05, 0.1) is 33.7 Å². The highest BCUT2D eigenvalue weighted by Gasteiger charge is 2.35. The topological polar surface area (TPSA) is 33.5 Å². The average Bonchev–Trinajstić information content (AvgIpc) is 3.03. The molecule has 430 valence electrons. The third kappa shape index (κ3) is 11.0. The van der Waals surface area contributed by atoms with Gasteiger partial charge >= 0.3 is 0 Å². The zero-order valence-electron chi connectivity index (χ0n) is 51.8. The summed E-state index contributed by atoms with van der Waals surface area (Å²) in [5.74, 6) is -0.390. The summed E-state index contributed by atoms with van der Waals surface area (Å²) in [5, 5.41) is 2.21. The van der Waals surface area contributed by atoms with Gasteiger partial charge in [-0.1, -0.05) is 178 Å². The highest BCUT2D eigenvalue weighted by molar-refractivity contribution is 6.09. The van der Waals surface area contributed by atoms with Crippen LogP contribution in [-0.4, -0.2) is 16.2 Å². The van der Waals surface area contributed by atoms with Crippen LogP contribution in [0.4, 0.5) is 35.9 Å². The molecule has 5 nitrogen and oxygen atoms in total. The minimum absolute atomic E-state index is 0.0861. The molecule has 8 aromatic carbocycles. The van der Waals surface area contributed by atoms with Gasteiger partial charge in [0, 0.05) is 58.0 Å². The molecule has 0 spiro atoms. The molecule has 11 rings (SSSR count). The van der Waals surface area contributed by atoms with Crippen LogP contribution in [-0.2, 0) is 21.7 Å². The Labute approximate surface area is 495 Å². The highest BCUT2D eigenvalue weighted by Crippen LogP contribution is 2.53. The maximum atomic E-state index is 16.8. The predicted molar refractivity (Wildman–Crippen MR) is 346 cm³/mol. The monoisotopic (exact) mass is 1120 g/mol. The molecule has 2 aromatic heterocycles. The summed E-state index contributed by atoms with van der Waals surface area (Å²) in [5.41, 5.74) is 15.1. The van der Waals surface area contributed by atoms with Gasteiger partial charge < -0.3 is 14.5 Å². The van der Waals surface area contributed by atoms with E-state index in [2.05, 4.69) is 246 Å². The molecular formula is C76H79F3N4O. The average molecular weight is 1120 g/mol. The Morgan fingerprint density at radius 3 is 1.61 bits per heavy atom. The molecule has 0 N–H and O–H groups in total. The van der Waals surface area contributed by atoms with Crippen LogP contribution in [0.1, 0.15) is 156 Å². The summed E-state index contributed by atoms with van der Waals surface area (Å²) >= 11 is 0. The van der Waals surface area contributed by atoms with Crippen molar-refractivity contribution in [1.29, 1.82) is 0 Å². The van der Waals surface area contributed by atoms with Crippen LogP contribution >= 0.6 is 0 Å². The number of ether oxygens (including phenoxy) is 1. The van der Waals surface area contributed by atoms with Crippen LogP contribution in [0.3, 0.4) is 0 Å². The summed E-state index contributed by atoms with van der Waals surface area (Å²) in [6.45, 7) is 35.5. The summed E-state index contributed by atoms with van der Waals surface area (Å²) in [4.78, 5) is 9.42. The quantitative estimate of drug-likeness (QED) is 0.137. The number of halogens is 3. The number of para-hydroxylation sites is 3. The Morgan fingerprint density at radius 1 is 0.452 bits per heavy atom. The normalized spacial score (nSPS) is 13.3. The maximum absolute atomic E-state index is 16.8. The first-order valence-corrected chi connectivity index (χ1v) is 29.6. The molecule has 3 heterocycles. The van der Waals surface area contributed by atoms with Crippen molar-refractivity contribution in [1.82, 2.24) is 9.55 Å². The van der Waals surface area contributed by atoms with E-state index >= 15 is 13.2 Å². The van der Waals surface area contributed by atoms with E-state index in [1.807, 2.05) is 30.5 Å². The Bertz CT molecular complexity index is 4110. The van der Waals surface area contributed by atoms with E-state index in [9.17, 15) is 0 Å². The maximum Gasteiger partial charge on any atom is 0.137 e. The van der Waals surface area contributed by atoms with Crippen LogP contribution in [0, 0.1) is 17.5 Å². The molecule has 8 heteroatoms. The number of pyridine rings is 1. The molecule has 0 unspecified atom stereocenters. The summed E-state index contributed by atoms with van der Waals surface area (Å²) in [7, 11) is 0. The molecule has 1 aliphatic rings. The summed E-state index contributed by atoms with van der Waals surface area (Å²) < 4.78 is 58.1. The zero-order valence-corrected chi connectivity index (χ0v) is 51.8. The first-order chi connectivity index (χ1) is 39.5. The fourth-order valence-corrected chi connectivity index (χ4v) is 11.7. The number of nitrogens with zero attached hydrogens (tertiary/aromatic N) is 4. The van der Waals surface area contributed by atoms with Crippen molar-refractivity contribution in [2.45, 2.75) is 144 Å². The zero-order chi connectivity index (χ0) is 60.1. The van der Waals surface area contributed by atoms with Crippen molar-refractivity contribution in [3.05, 3.63) is 215 Å². The molecule has 0 aliphatic carbocycles. The van der Waals surface area contributed by atoms with Gasteiger partial charge in [-0.2, -0.15) is 0 Å². The predicted octanol–water partition coefficient (Wildman–Crippen LogP) is 22.1. The number of anilines is 4. The second-order valence-corrected chi connectivity index (χ2v) is 27.9. The van der Waals surface area contributed by atoms with Gasteiger partial charge in [-0.05, 0) is 150 Å². The first-order valence-electron chi connectivity index (χ1n) is 29.6. The molecule has 1 aliphatic heterocycles. The van der Waals surface area contributed by atoms with E-state index in [0.29, 0.717) is 22.7 Å². The Hall–Kier alpha value is -8.10. The van der Waals surface area contributed by atoms with Crippen LogP contribution in [0.15, 0.2) is 164 Å². The number of benzene rings is 8. The van der Waals surface area contributed by atoms with Crippen molar-refractivity contribution < 1.29 is 17.9 Å². The van der Waals surface area contributed by atoms with E-state index in [1.54, 1.807) is 0 Å². The number of fused-ring (bicyclic) bond motifs is 4. The molecule has 0 atom stereocenters. The Morgan fingerprint density at radius 2 is 1.00 bits per heavy atom. The van der Waals surface area contributed by atoms with Gasteiger partial charge in [0.1, 0.15) is 41.4 Å². The van der Waals surface area contributed by atoms with E-state index in [4.69, 9.17) is 9.72 Å². The van der Waals surface area contributed by atoms with Crippen LogP contribution in [0.5, 0.6) is 11.5 Å². The largest absolute Gasteiger partial charge is 0.457 e. The molecule has 0 saturated heterocycles. The van der Waals surface area contributed by atoms with E-state index < -0.39 is 22.9 Å². The fourth-order valence-electron chi connectivity index (χ4n) is 11.7. The van der Waals surface area contributed by atoms with Crippen LogP contribution in [0.2, 0.25) is 0 Å². The van der Waals surface area contributed by atoms with E-state index in [0.717, 1.165) is 95.8 Å². The molecule has 10 aromatic rings. The van der Waals surface area contributed by atoms with Gasteiger partial charge in [-0.15, -0.1) is 0 Å². The minimum Gasteiger partial charge on any atom is -0.457 e. The van der Waals surface area contributed by atoms with Gasteiger partial charge in [-0.25, -0.2) is 18.2 Å². The third-order valence-electron chi connectivity index (χ3n) is 16.8. The second kappa shape index (κ2) is 21.2. The van der Waals surface area contributed by atoms with Crippen molar-refractivity contribution in [2.24, 2.45) is 0 Å². The standard InChI is InChI=1S/C76H79F3N4O/c1-45(2)47-29-48(46(3)4)31-51(30-47)62-37-55(76(14,15)16)38-63(71-64(78)40-56(77)41-65(71)79)72(62)82-44-81(67-23-19-20-24-68(67)82)57-34-50(49-32-53(74(8,9)10)36-54(33-49)75(11,12)13)35-59(42-57)84-58-25-26-61-60-21-17-18-22-66(60)83(69(61)43-58)70-39-52(27-28-80-70)73(5,6)7/h17-43,45-46H,44H2,1-16H3. The Balaban J connectivity index is 1.14. The van der Waals surface area contributed by atoms with Crippen molar-refractivity contribution in [2.75, 3.05) is 16.5 Å².